The van der Waals surface area contributed by atoms with Gasteiger partial charge in [-0.2, -0.15) is 0 Å². The van der Waals surface area contributed by atoms with E-state index in [1.807, 2.05) is 20.8 Å². The van der Waals surface area contributed by atoms with Gasteiger partial charge in [0.1, 0.15) is 5.69 Å². The maximum Gasteiger partial charge on any atom is 0.273 e. The molecule has 0 saturated carbocycles. The zero-order chi connectivity index (χ0) is 12.6. The summed E-state index contributed by atoms with van der Waals surface area (Å²) in [5.74, 6) is -0.0684. The molecule has 6 heteroatoms. The number of rotatable bonds is 1. The highest BCUT2D eigenvalue weighted by molar-refractivity contribution is 7.13. The molecule has 1 aliphatic heterocycles. The van der Waals surface area contributed by atoms with Crippen molar-refractivity contribution < 1.29 is 9.53 Å². The van der Waals surface area contributed by atoms with E-state index in [4.69, 9.17) is 10.5 Å². The van der Waals surface area contributed by atoms with E-state index >= 15 is 0 Å². The van der Waals surface area contributed by atoms with Crippen molar-refractivity contribution in [1.82, 2.24) is 9.88 Å². The molecule has 2 rings (SSSR count). The molecule has 0 aliphatic carbocycles. The number of hydrogen-bond donors (Lipinski definition) is 1. The van der Waals surface area contributed by atoms with E-state index < -0.39 is 0 Å². The normalized spacial score (nSPS) is 23.7. The predicted octanol–water partition coefficient (Wildman–Crippen LogP) is 1.36. The molecule has 17 heavy (non-hydrogen) atoms. The fourth-order valence-electron chi connectivity index (χ4n) is 2.16. The third-order valence-electron chi connectivity index (χ3n) is 2.60. The standard InChI is InChI=1S/C11H17N3O2S/c1-7-4-14(6-11(2,3)16-7)9(15)8-5-17-10(12)13-8/h5,7H,4,6H2,1-3H3,(H2,12,13). The minimum Gasteiger partial charge on any atom is -0.375 e. The number of hydrogen-bond acceptors (Lipinski definition) is 5. The molecule has 0 spiro atoms. The predicted molar refractivity (Wildman–Crippen MR) is 67.1 cm³/mol. The average Bonchev–Trinajstić information content (AvgIpc) is 2.60. The number of amides is 1. The molecule has 1 aromatic heterocycles. The van der Waals surface area contributed by atoms with Crippen molar-refractivity contribution in [1.29, 1.82) is 0 Å². The molecule has 1 saturated heterocycles. The molecule has 0 radical (unpaired) electrons. The van der Waals surface area contributed by atoms with Gasteiger partial charge in [-0.15, -0.1) is 11.3 Å². The minimum absolute atomic E-state index is 0.0404. The first-order valence-corrected chi connectivity index (χ1v) is 6.43. The van der Waals surface area contributed by atoms with Gasteiger partial charge in [-0.3, -0.25) is 4.79 Å². The van der Waals surface area contributed by atoms with E-state index in [0.717, 1.165) is 0 Å². The van der Waals surface area contributed by atoms with Crippen LogP contribution in [0.2, 0.25) is 0 Å². The summed E-state index contributed by atoms with van der Waals surface area (Å²) < 4.78 is 5.76. The topological polar surface area (TPSA) is 68.5 Å². The van der Waals surface area contributed by atoms with Crippen LogP contribution in [-0.4, -0.2) is 40.6 Å². The number of morpholine rings is 1. The van der Waals surface area contributed by atoms with Gasteiger partial charge in [0.25, 0.3) is 5.91 Å². The fourth-order valence-corrected chi connectivity index (χ4v) is 2.69. The van der Waals surface area contributed by atoms with Crippen LogP contribution in [0.1, 0.15) is 31.3 Å². The van der Waals surface area contributed by atoms with E-state index in [1.54, 1.807) is 10.3 Å². The SMILES string of the molecule is CC1CN(C(=O)c2csc(N)n2)CC(C)(C)O1. The van der Waals surface area contributed by atoms with Gasteiger partial charge in [0.2, 0.25) is 0 Å². The molecule has 1 atom stereocenters. The average molecular weight is 255 g/mol. The summed E-state index contributed by atoms with van der Waals surface area (Å²) in [6.07, 6.45) is 0.0404. The van der Waals surface area contributed by atoms with Crippen molar-refractivity contribution in [3.05, 3.63) is 11.1 Å². The molecule has 94 valence electrons. The monoisotopic (exact) mass is 255 g/mol. The minimum atomic E-state index is -0.311. The number of nitrogens with two attached hydrogens (primary N) is 1. The van der Waals surface area contributed by atoms with E-state index in [-0.39, 0.29) is 17.6 Å². The summed E-state index contributed by atoms with van der Waals surface area (Å²) in [7, 11) is 0. The molecule has 1 amide bonds. The zero-order valence-corrected chi connectivity index (χ0v) is 11.1. The van der Waals surface area contributed by atoms with Crippen LogP contribution in [0, 0.1) is 0 Å². The van der Waals surface area contributed by atoms with Crippen molar-refractivity contribution in [2.24, 2.45) is 0 Å². The molecule has 1 unspecified atom stereocenters. The van der Waals surface area contributed by atoms with E-state index in [2.05, 4.69) is 4.98 Å². The summed E-state index contributed by atoms with van der Waals surface area (Å²) >= 11 is 1.29. The number of nitrogens with zero attached hydrogens (tertiary/aromatic N) is 2. The molecule has 0 bridgehead atoms. The Balaban J connectivity index is 2.14. The van der Waals surface area contributed by atoms with Crippen molar-refractivity contribution in [3.63, 3.8) is 0 Å². The Morgan fingerprint density at radius 1 is 1.71 bits per heavy atom. The van der Waals surface area contributed by atoms with Crippen molar-refractivity contribution in [2.75, 3.05) is 18.8 Å². The highest BCUT2D eigenvalue weighted by Gasteiger charge is 2.34. The van der Waals surface area contributed by atoms with Gasteiger partial charge in [0.15, 0.2) is 5.13 Å². The molecule has 0 aromatic carbocycles. The number of ether oxygens (including phenoxy) is 1. The Hall–Kier alpha value is -1.14. The lowest BCUT2D eigenvalue weighted by Crippen LogP contribution is -2.53. The van der Waals surface area contributed by atoms with Gasteiger partial charge in [0.05, 0.1) is 11.7 Å². The third-order valence-corrected chi connectivity index (χ3v) is 3.27. The lowest BCUT2D eigenvalue weighted by Gasteiger charge is -2.41. The molecular formula is C11H17N3O2S. The van der Waals surface area contributed by atoms with Gasteiger partial charge in [-0.05, 0) is 20.8 Å². The molecule has 1 fully saturated rings. The van der Waals surface area contributed by atoms with Gasteiger partial charge < -0.3 is 15.4 Å². The molecule has 5 nitrogen and oxygen atoms in total. The maximum atomic E-state index is 12.2. The van der Waals surface area contributed by atoms with Crippen LogP contribution in [0.5, 0.6) is 0 Å². The zero-order valence-electron chi connectivity index (χ0n) is 10.3. The van der Waals surface area contributed by atoms with Crippen LogP contribution in [0.25, 0.3) is 0 Å². The first-order valence-electron chi connectivity index (χ1n) is 5.55. The first-order chi connectivity index (χ1) is 7.87. The number of carbonyl (C=O) groups is 1. The number of carbonyl (C=O) groups excluding carboxylic acids is 1. The van der Waals surface area contributed by atoms with Crippen LogP contribution in [0.15, 0.2) is 5.38 Å². The lowest BCUT2D eigenvalue weighted by atomic mass is 10.1. The number of nitrogen functional groups attached to an aromatic ring is 1. The van der Waals surface area contributed by atoms with Gasteiger partial charge in [-0.1, -0.05) is 0 Å². The molecule has 1 aliphatic rings. The highest BCUT2D eigenvalue weighted by atomic mass is 32.1. The summed E-state index contributed by atoms with van der Waals surface area (Å²) in [5, 5.41) is 2.12. The van der Waals surface area contributed by atoms with Crippen molar-refractivity contribution >= 4 is 22.4 Å². The molecule has 1 aromatic rings. The maximum absolute atomic E-state index is 12.2. The van der Waals surface area contributed by atoms with Crippen molar-refractivity contribution in [2.45, 2.75) is 32.5 Å². The number of thiazole rings is 1. The second-order valence-electron chi connectivity index (χ2n) is 4.94. The van der Waals surface area contributed by atoms with Crippen LogP contribution < -0.4 is 5.73 Å². The second-order valence-corrected chi connectivity index (χ2v) is 5.83. The summed E-state index contributed by atoms with van der Waals surface area (Å²) in [4.78, 5) is 18.0. The fraction of sp³-hybridized carbons (Fsp3) is 0.636. The molecular weight excluding hydrogens is 238 g/mol. The Kier molecular flexibility index (Phi) is 3.09. The number of aromatic nitrogens is 1. The largest absolute Gasteiger partial charge is 0.375 e. The second kappa shape index (κ2) is 4.27. The van der Waals surface area contributed by atoms with Crippen LogP contribution >= 0.6 is 11.3 Å². The van der Waals surface area contributed by atoms with Crippen LogP contribution in [0.3, 0.4) is 0 Å². The van der Waals surface area contributed by atoms with Gasteiger partial charge >= 0.3 is 0 Å². The Labute approximate surface area is 105 Å². The molecule has 2 N–H and O–H groups in total. The quantitative estimate of drug-likeness (QED) is 0.822. The van der Waals surface area contributed by atoms with Gasteiger partial charge in [-0.25, -0.2) is 4.98 Å². The summed E-state index contributed by atoms with van der Waals surface area (Å²) in [6, 6.07) is 0. The number of anilines is 1. The van der Waals surface area contributed by atoms with Crippen LogP contribution in [-0.2, 0) is 4.74 Å². The summed E-state index contributed by atoms with van der Waals surface area (Å²) in [5.41, 5.74) is 5.66. The van der Waals surface area contributed by atoms with E-state index in [9.17, 15) is 4.79 Å². The van der Waals surface area contributed by atoms with Crippen molar-refractivity contribution in [3.8, 4) is 0 Å². The Morgan fingerprint density at radius 3 is 2.94 bits per heavy atom. The van der Waals surface area contributed by atoms with E-state index in [0.29, 0.717) is 23.9 Å². The van der Waals surface area contributed by atoms with Crippen LogP contribution in [0.4, 0.5) is 5.13 Å². The highest BCUT2D eigenvalue weighted by Crippen LogP contribution is 2.23. The lowest BCUT2D eigenvalue weighted by molar-refractivity contribution is -0.118. The molecule has 2 heterocycles. The first kappa shape index (κ1) is 12.3. The van der Waals surface area contributed by atoms with Gasteiger partial charge in [0, 0.05) is 18.5 Å². The Morgan fingerprint density at radius 2 is 2.41 bits per heavy atom. The smallest absolute Gasteiger partial charge is 0.273 e. The Bertz CT molecular complexity index is 430. The third kappa shape index (κ3) is 2.76. The van der Waals surface area contributed by atoms with E-state index in [1.165, 1.54) is 11.3 Å². The summed E-state index contributed by atoms with van der Waals surface area (Å²) in [6.45, 7) is 7.11.